The molecule has 0 amide bonds. The molecule has 0 aliphatic carbocycles. The fraction of sp³-hybridized carbons (Fsp3) is 0.143. The van der Waals surface area contributed by atoms with Crippen LogP contribution in [0.2, 0.25) is 0 Å². The molecule has 0 fully saturated rings. The summed E-state index contributed by atoms with van der Waals surface area (Å²) in [6.07, 6.45) is 3.99. The molecule has 10 rings (SSSR count). The second-order valence-corrected chi connectivity index (χ2v) is 15.8. The maximum atomic E-state index is 10.2. The number of hydrogen-bond acceptors (Lipinski definition) is 4. The summed E-state index contributed by atoms with van der Waals surface area (Å²) < 4.78 is 50.9. The normalized spacial score (nSPS) is 13.4. The van der Waals surface area contributed by atoms with Crippen LogP contribution in [0.1, 0.15) is 58.5 Å². The number of rotatable bonds is 5. The lowest BCUT2D eigenvalue weighted by molar-refractivity contribution is -0.660. The summed E-state index contributed by atoms with van der Waals surface area (Å²) in [6.45, 7) is 4.92. The third kappa shape index (κ3) is 6.58. The Kier molecular flexibility index (Phi) is 9.03. The number of fused-ring (bicyclic) bond motifs is 6. The Labute approximate surface area is 367 Å². The van der Waals surface area contributed by atoms with E-state index >= 15 is 0 Å². The number of pyridine rings is 2. The minimum atomic E-state index is -2.64. The molecule has 1 atom stereocenters. The van der Waals surface area contributed by atoms with Gasteiger partial charge < -0.3 is 8.83 Å². The van der Waals surface area contributed by atoms with Gasteiger partial charge in [0.25, 0.3) is 0 Å². The molecule has 6 nitrogen and oxygen atoms in total. The molecular formula is C56H46N4O2+2. The van der Waals surface area contributed by atoms with Crippen LogP contribution in [-0.4, -0.2) is 0 Å². The monoisotopic (exact) mass is 810 g/mol. The number of benzene rings is 6. The minimum Gasteiger partial charge on any atom is -0.455 e. The zero-order valence-corrected chi connectivity index (χ0v) is 35.5. The molecule has 10 aromatic rings. The van der Waals surface area contributed by atoms with Gasteiger partial charge in [-0.1, -0.05) is 98.7 Å². The third-order valence-corrected chi connectivity index (χ3v) is 11.9. The predicted molar refractivity (Wildman–Crippen MR) is 249 cm³/mol. The van der Waals surface area contributed by atoms with Crippen LogP contribution in [0, 0.1) is 43.4 Å². The Morgan fingerprint density at radius 3 is 1.50 bits per heavy atom. The van der Waals surface area contributed by atoms with Crippen molar-refractivity contribution < 1.29 is 23.5 Å². The summed E-state index contributed by atoms with van der Waals surface area (Å²) in [4.78, 5) is 0. The smallest absolute Gasteiger partial charge is 0.216 e. The van der Waals surface area contributed by atoms with Crippen molar-refractivity contribution in [2.24, 2.45) is 14.1 Å². The Balaban J connectivity index is 0.000000169. The number of nitriles is 2. The molecule has 0 saturated carbocycles. The molecule has 0 radical (unpaired) electrons. The van der Waals surface area contributed by atoms with Gasteiger partial charge >= 0.3 is 0 Å². The molecule has 0 aliphatic rings. The lowest BCUT2D eigenvalue weighted by atomic mass is 9.88. The molecule has 6 aromatic carbocycles. The van der Waals surface area contributed by atoms with Gasteiger partial charge in [-0.25, -0.2) is 9.13 Å². The van der Waals surface area contributed by atoms with E-state index in [1.807, 2.05) is 135 Å². The lowest BCUT2D eigenvalue weighted by Gasteiger charge is -2.14. The second-order valence-electron chi connectivity index (χ2n) is 15.8. The second kappa shape index (κ2) is 16.0. The SMILES string of the molecule is Cc1ccc2c(oc3c(C)c(-c4ccccc4)cc(C#N)c32)c1-c1cccc[n+]1C.[2H]C([2H])([2H])C([2H])(C)c1c(-c2ccccc2)cc(C#N)c2c1oc1c(-c3cccc[n+]3C)c(C)ccc12. The molecule has 0 N–H and O–H groups in total. The first-order valence-corrected chi connectivity index (χ1v) is 20.5. The first-order chi connectivity index (χ1) is 31.7. The van der Waals surface area contributed by atoms with Crippen molar-refractivity contribution in [3.63, 3.8) is 0 Å². The van der Waals surface area contributed by atoms with Crippen LogP contribution in [0.4, 0.5) is 0 Å². The summed E-state index contributed by atoms with van der Waals surface area (Å²) >= 11 is 0. The summed E-state index contributed by atoms with van der Waals surface area (Å²) in [5.74, 6) is -2.00. The van der Waals surface area contributed by atoms with Crippen LogP contribution < -0.4 is 9.13 Å². The maximum absolute atomic E-state index is 10.2. The van der Waals surface area contributed by atoms with Gasteiger partial charge in [0.15, 0.2) is 12.4 Å². The highest BCUT2D eigenvalue weighted by molar-refractivity contribution is 6.15. The highest BCUT2D eigenvalue weighted by Crippen LogP contribution is 2.45. The number of aromatic nitrogens is 2. The molecule has 0 saturated heterocycles. The topological polar surface area (TPSA) is 81.6 Å². The third-order valence-electron chi connectivity index (χ3n) is 11.9. The van der Waals surface area contributed by atoms with Crippen molar-refractivity contribution in [2.45, 2.75) is 40.4 Å². The van der Waals surface area contributed by atoms with Gasteiger partial charge in [-0.2, -0.15) is 10.5 Å². The van der Waals surface area contributed by atoms with Gasteiger partial charge in [0.2, 0.25) is 11.4 Å². The van der Waals surface area contributed by atoms with E-state index in [-0.39, 0.29) is 11.1 Å². The number of hydrogen-bond donors (Lipinski definition) is 0. The lowest BCUT2D eigenvalue weighted by Crippen LogP contribution is -2.30. The molecule has 1 unspecified atom stereocenters. The highest BCUT2D eigenvalue weighted by Gasteiger charge is 2.27. The number of furan rings is 2. The number of nitrogens with zero attached hydrogens (tertiary/aromatic N) is 4. The highest BCUT2D eigenvalue weighted by atomic mass is 16.3. The Hall–Kier alpha value is -7.80. The van der Waals surface area contributed by atoms with E-state index in [1.54, 1.807) is 6.07 Å². The van der Waals surface area contributed by atoms with E-state index in [0.717, 1.165) is 77.8 Å². The van der Waals surface area contributed by atoms with Crippen molar-refractivity contribution in [1.29, 1.82) is 10.5 Å². The fourth-order valence-electron chi connectivity index (χ4n) is 8.87. The van der Waals surface area contributed by atoms with Crippen LogP contribution in [-0.2, 0) is 14.1 Å². The molecule has 0 aliphatic heterocycles. The Morgan fingerprint density at radius 2 is 1.02 bits per heavy atom. The molecule has 0 bridgehead atoms. The minimum absolute atomic E-state index is 0.250. The van der Waals surface area contributed by atoms with E-state index in [9.17, 15) is 10.5 Å². The van der Waals surface area contributed by atoms with Crippen LogP contribution in [0.15, 0.2) is 155 Å². The van der Waals surface area contributed by atoms with Crippen LogP contribution in [0.3, 0.4) is 0 Å². The average molecular weight is 811 g/mol. The summed E-state index contributed by atoms with van der Waals surface area (Å²) in [5.41, 5.74) is 14.2. The number of aryl methyl sites for hydroxylation is 5. The molecule has 300 valence electrons. The first-order valence-electron chi connectivity index (χ1n) is 22.5. The van der Waals surface area contributed by atoms with Crippen LogP contribution in [0.5, 0.6) is 0 Å². The first kappa shape index (κ1) is 35.0. The van der Waals surface area contributed by atoms with Crippen molar-refractivity contribution in [3.05, 3.63) is 179 Å². The van der Waals surface area contributed by atoms with Gasteiger partial charge in [0, 0.05) is 62.4 Å². The van der Waals surface area contributed by atoms with E-state index in [1.165, 1.54) is 6.92 Å². The van der Waals surface area contributed by atoms with Crippen molar-refractivity contribution in [2.75, 3.05) is 0 Å². The largest absolute Gasteiger partial charge is 0.455 e. The summed E-state index contributed by atoms with van der Waals surface area (Å²) in [5, 5.41) is 23.3. The standard InChI is InChI=1S/C29H25N2O.C27H21N2O/c1-18(2)25-23(20-10-6-5-7-11-20)16-21(17-30)27-22-14-13-19(3)26(28(22)32-29(25)27)24-12-8-9-15-31(24)4;1-17-12-13-21-25-20(16-28)15-22(19-9-5-4-6-10-19)18(2)26(25)30-27(21)24(17)23-11-7-8-14-29(23)3/h5-16,18H,1-4H3;4-15H,1-3H3/q2*+1/i1D3,18D;. The van der Waals surface area contributed by atoms with Gasteiger partial charge in [-0.05, 0) is 84.3 Å². The molecular weight excluding hydrogens is 761 g/mol. The Morgan fingerprint density at radius 1 is 0.565 bits per heavy atom. The van der Waals surface area contributed by atoms with Crippen molar-refractivity contribution in [1.82, 2.24) is 0 Å². The zero-order valence-electron chi connectivity index (χ0n) is 39.5. The van der Waals surface area contributed by atoms with Crippen molar-refractivity contribution in [3.8, 4) is 56.9 Å². The molecule has 0 spiro atoms. The van der Waals surface area contributed by atoms with Crippen LogP contribution >= 0.6 is 0 Å². The quantitative estimate of drug-likeness (QED) is 0.162. The molecule has 6 heteroatoms. The Bertz CT molecular complexity index is 3630. The summed E-state index contributed by atoms with van der Waals surface area (Å²) in [7, 11) is 3.99. The van der Waals surface area contributed by atoms with Crippen molar-refractivity contribution >= 4 is 43.9 Å². The fourth-order valence-corrected chi connectivity index (χ4v) is 8.87. The van der Waals surface area contributed by atoms with Gasteiger partial charge in [-0.15, -0.1) is 0 Å². The van der Waals surface area contributed by atoms with E-state index < -0.39 is 12.7 Å². The molecule has 62 heavy (non-hydrogen) atoms. The molecule has 4 heterocycles. The zero-order chi connectivity index (χ0) is 46.7. The van der Waals surface area contributed by atoms with Gasteiger partial charge in [0.1, 0.15) is 36.4 Å². The van der Waals surface area contributed by atoms with E-state index in [0.29, 0.717) is 33.0 Å². The van der Waals surface area contributed by atoms with Gasteiger partial charge in [0.05, 0.1) is 34.4 Å². The van der Waals surface area contributed by atoms with E-state index in [4.69, 9.17) is 14.3 Å². The maximum Gasteiger partial charge on any atom is 0.216 e. The summed E-state index contributed by atoms with van der Waals surface area (Å²) in [6, 6.07) is 47.9. The molecule has 4 aromatic heterocycles. The predicted octanol–water partition coefficient (Wildman–Crippen LogP) is 13.3. The van der Waals surface area contributed by atoms with E-state index in [2.05, 4.69) is 60.9 Å². The van der Waals surface area contributed by atoms with Crippen LogP contribution in [0.25, 0.3) is 88.6 Å². The average Bonchev–Trinajstić information content (AvgIpc) is 3.90. The van der Waals surface area contributed by atoms with Gasteiger partial charge in [-0.3, -0.25) is 0 Å².